The third-order valence-corrected chi connectivity index (χ3v) is 3.07. The van der Waals surface area contributed by atoms with Gasteiger partial charge in [0.25, 0.3) is 0 Å². The summed E-state index contributed by atoms with van der Waals surface area (Å²) >= 11 is 0. The van der Waals surface area contributed by atoms with E-state index in [1.54, 1.807) is 0 Å². The van der Waals surface area contributed by atoms with Crippen LogP contribution in [0.1, 0.15) is 30.4 Å². The first-order chi connectivity index (χ1) is 8.56. The summed E-state index contributed by atoms with van der Waals surface area (Å²) in [6.45, 7) is 8.87. The number of aryl methyl sites for hydroxylation is 1. The minimum absolute atomic E-state index is 0.556. The Balaban J connectivity index is 2.58. The molecule has 18 heavy (non-hydrogen) atoms. The normalized spacial score (nSPS) is 11.7. The standard InChI is InChI=1S/C14H27N3O/c1-5-6-17(8-7-16(3)4)11-14-9-13(10-15)12(2)18-14/h9H,5-8,10-11,15H2,1-4H3. The Morgan fingerprint density at radius 1 is 1.22 bits per heavy atom. The molecule has 0 bridgehead atoms. The molecule has 1 rings (SSSR count). The first kappa shape index (κ1) is 15.2. The molecule has 0 amide bonds. The molecule has 0 spiro atoms. The Bertz CT molecular complexity index is 347. The lowest BCUT2D eigenvalue weighted by molar-refractivity contribution is 0.217. The monoisotopic (exact) mass is 253 g/mol. The second kappa shape index (κ2) is 7.56. The van der Waals surface area contributed by atoms with Crippen LogP contribution >= 0.6 is 0 Å². The van der Waals surface area contributed by atoms with Gasteiger partial charge in [0.2, 0.25) is 0 Å². The lowest BCUT2D eigenvalue weighted by Gasteiger charge is -2.22. The number of furan rings is 1. The molecule has 0 fully saturated rings. The number of rotatable bonds is 8. The van der Waals surface area contributed by atoms with Crippen LogP contribution in [0.15, 0.2) is 10.5 Å². The Hall–Kier alpha value is -0.840. The second-order valence-electron chi connectivity index (χ2n) is 5.08. The predicted molar refractivity (Wildman–Crippen MR) is 75.5 cm³/mol. The number of hydrogen-bond acceptors (Lipinski definition) is 4. The van der Waals surface area contributed by atoms with E-state index in [4.69, 9.17) is 10.2 Å². The van der Waals surface area contributed by atoms with Crippen molar-refractivity contribution in [3.63, 3.8) is 0 Å². The van der Waals surface area contributed by atoms with E-state index in [0.717, 1.165) is 49.7 Å². The van der Waals surface area contributed by atoms with Crippen LogP contribution in [0.25, 0.3) is 0 Å². The summed E-state index contributed by atoms with van der Waals surface area (Å²) in [5.74, 6) is 1.98. The van der Waals surface area contributed by atoms with Crippen LogP contribution in [0.4, 0.5) is 0 Å². The summed E-state index contributed by atoms with van der Waals surface area (Å²) in [6.07, 6.45) is 1.16. The highest BCUT2D eigenvalue weighted by atomic mass is 16.3. The number of nitrogens with two attached hydrogens (primary N) is 1. The van der Waals surface area contributed by atoms with Crippen molar-refractivity contribution in [2.24, 2.45) is 5.73 Å². The fourth-order valence-corrected chi connectivity index (χ4v) is 2.02. The fraction of sp³-hybridized carbons (Fsp3) is 0.714. The van der Waals surface area contributed by atoms with E-state index in [-0.39, 0.29) is 0 Å². The highest BCUT2D eigenvalue weighted by Gasteiger charge is 2.11. The summed E-state index contributed by atoms with van der Waals surface area (Å²) in [5.41, 5.74) is 6.79. The zero-order chi connectivity index (χ0) is 13.5. The molecule has 0 aromatic carbocycles. The number of likely N-dealkylation sites (N-methyl/N-ethyl adjacent to an activating group) is 1. The van der Waals surface area contributed by atoms with Gasteiger partial charge in [-0.15, -0.1) is 0 Å². The molecule has 104 valence electrons. The van der Waals surface area contributed by atoms with Crippen molar-refractivity contribution in [1.29, 1.82) is 0 Å². The average Bonchev–Trinajstić information content (AvgIpc) is 2.66. The van der Waals surface area contributed by atoms with E-state index in [9.17, 15) is 0 Å². The van der Waals surface area contributed by atoms with Gasteiger partial charge >= 0.3 is 0 Å². The molecule has 0 saturated carbocycles. The van der Waals surface area contributed by atoms with E-state index < -0.39 is 0 Å². The van der Waals surface area contributed by atoms with E-state index in [1.165, 1.54) is 0 Å². The third-order valence-electron chi connectivity index (χ3n) is 3.07. The van der Waals surface area contributed by atoms with Gasteiger partial charge in [0.1, 0.15) is 11.5 Å². The molecule has 0 radical (unpaired) electrons. The highest BCUT2D eigenvalue weighted by molar-refractivity contribution is 5.20. The highest BCUT2D eigenvalue weighted by Crippen LogP contribution is 2.15. The van der Waals surface area contributed by atoms with Crippen LogP contribution in [0.3, 0.4) is 0 Å². The van der Waals surface area contributed by atoms with Gasteiger partial charge in [0.15, 0.2) is 0 Å². The Morgan fingerprint density at radius 2 is 1.94 bits per heavy atom. The first-order valence-electron chi connectivity index (χ1n) is 6.72. The maximum atomic E-state index is 5.75. The first-order valence-corrected chi connectivity index (χ1v) is 6.72. The Morgan fingerprint density at radius 3 is 2.44 bits per heavy atom. The van der Waals surface area contributed by atoms with Crippen LogP contribution in [0.2, 0.25) is 0 Å². The summed E-state index contributed by atoms with van der Waals surface area (Å²) in [7, 11) is 4.21. The van der Waals surface area contributed by atoms with Crippen molar-refractivity contribution in [2.75, 3.05) is 33.7 Å². The van der Waals surface area contributed by atoms with Gasteiger partial charge in [-0.05, 0) is 40.1 Å². The maximum Gasteiger partial charge on any atom is 0.118 e. The molecule has 0 saturated heterocycles. The molecule has 1 aromatic rings. The topological polar surface area (TPSA) is 45.6 Å². The van der Waals surface area contributed by atoms with E-state index in [2.05, 4.69) is 36.9 Å². The molecule has 0 aliphatic heterocycles. The summed E-state index contributed by atoms with van der Waals surface area (Å²) in [6, 6.07) is 2.09. The molecular weight excluding hydrogens is 226 g/mol. The van der Waals surface area contributed by atoms with Gasteiger partial charge in [0.05, 0.1) is 6.54 Å². The minimum Gasteiger partial charge on any atom is -0.465 e. The predicted octanol–water partition coefficient (Wildman–Crippen LogP) is 1.82. The van der Waals surface area contributed by atoms with Crippen molar-refractivity contribution in [3.05, 3.63) is 23.2 Å². The van der Waals surface area contributed by atoms with Crippen LogP contribution in [-0.2, 0) is 13.1 Å². The van der Waals surface area contributed by atoms with Crippen LogP contribution in [-0.4, -0.2) is 43.5 Å². The van der Waals surface area contributed by atoms with E-state index in [0.29, 0.717) is 6.54 Å². The van der Waals surface area contributed by atoms with Crippen LogP contribution in [0, 0.1) is 6.92 Å². The van der Waals surface area contributed by atoms with Crippen LogP contribution in [0.5, 0.6) is 0 Å². The summed E-state index contributed by atoms with van der Waals surface area (Å²) in [4.78, 5) is 4.64. The smallest absolute Gasteiger partial charge is 0.118 e. The Labute approximate surface area is 111 Å². The van der Waals surface area contributed by atoms with Gasteiger partial charge in [-0.2, -0.15) is 0 Å². The minimum atomic E-state index is 0.556. The average molecular weight is 253 g/mol. The zero-order valence-corrected chi connectivity index (χ0v) is 12.2. The molecule has 4 nitrogen and oxygen atoms in total. The largest absolute Gasteiger partial charge is 0.465 e. The van der Waals surface area contributed by atoms with Crippen molar-refractivity contribution in [2.45, 2.75) is 33.4 Å². The van der Waals surface area contributed by atoms with Crippen molar-refractivity contribution >= 4 is 0 Å². The molecule has 2 N–H and O–H groups in total. The number of hydrogen-bond donors (Lipinski definition) is 1. The van der Waals surface area contributed by atoms with Gasteiger partial charge in [-0.25, -0.2) is 0 Å². The third kappa shape index (κ3) is 4.80. The molecule has 0 aliphatic carbocycles. The quantitative estimate of drug-likeness (QED) is 0.767. The molecule has 4 heteroatoms. The van der Waals surface area contributed by atoms with Gasteiger partial charge in [-0.1, -0.05) is 6.92 Å². The van der Waals surface area contributed by atoms with Gasteiger partial charge in [0, 0.05) is 25.2 Å². The lowest BCUT2D eigenvalue weighted by atomic mass is 10.2. The maximum absolute atomic E-state index is 5.75. The number of nitrogens with zero attached hydrogens (tertiary/aromatic N) is 2. The molecule has 0 aliphatic rings. The zero-order valence-electron chi connectivity index (χ0n) is 12.2. The molecule has 1 aromatic heterocycles. The van der Waals surface area contributed by atoms with Crippen LogP contribution < -0.4 is 5.73 Å². The van der Waals surface area contributed by atoms with Crippen molar-refractivity contribution in [3.8, 4) is 0 Å². The van der Waals surface area contributed by atoms with E-state index in [1.807, 2.05) is 6.92 Å². The van der Waals surface area contributed by atoms with Gasteiger partial charge < -0.3 is 15.1 Å². The van der Waals surface area contributed by atoms with Gasteiger partial charge in [-0.3, -0.25) is 4.90 Å². The Kier molecular flexibility index (Phi) is 6.39. The van der Waals surface area contributed by atoms with E-state index >= 15 is 0 Å². The fourth-order valence-electron chi connectivity index (χ4n) is 2.02. The summed E-state index contributed by atoms with van der Waals surface area (Å²) in [5, 5.41) is 0. The van der Waals surface area contributed by atoms with Crippen molar-refractivity contribution < 1.29 is 4.42 Å². The summed E-state index contributed by atoms with van der Waals surface area (Å²) < 4.78 is 5.75. The SMILES string of the molecule is CCCN(CCN(C)C)Cc1cc(CN)c(C)o1. The second-order valence-corrected chi connectivity index (χ2v) is 5.08. The lowest BCUT2D eigenvalue weighted by Crippen LogP contribution is -2.31. The van der Waals surface area contributed by atoms with Crippen molar-refractivity contribution in [1.82, 2.24) is 9.80 Å². The molecule has 0 atom stereocenters. The molecule has 0 unspecified atom stereocenters. The molecular formula is C14H27N3O. The molecule has 1 heterocycles.